The van der Waals surface area contributed by atoms with Gasteiger partial charge in [0.2, 0.25) is 0 Å². The first-order valence-electron chi connectivity index (χ1n) is 17.2. The zero-order chi connectivity index (χ0) is 31.8. The lowest BCUT2D eigenvalue weighted by molar-refractivity contribution is -0.145. The number of amides is 2. The second kappa shape index (κ2) is 31.1. The second-order valence-corrected chi connectivity index (χ2v) is 11.1. The van der Waals surface area contributed by atoms with Gasteiger partial charge < -0.3 is 28.4 Å². The highest BCUT2D eigenvalue weighted by molar-refractivity contribution is 6.12. The highest BCUT2D eigenvalue weighted by Crippen LogP contribution is 2.14. The fraction of sp³-hybridized carbons (Fsp3) is 0.853. The van der Waals surface area contributed by atoms with Crippen LogP contribution in [-0.4, -0.2) is 102 Å². The quantitative estimate of drug-likeness (QED) is 0.0497. The van der Waals surface area contributed by atoms with Crippen molar-refractivity contribution < 1.29 is 42.8 Å². The Kier molecular flexibility index (Phi) is 28.4. The summed E-state index contributed by atoms with van der Waals surface area (Å²) in [5.41, 5.74) is 0. The molecule has 1 heterocycles. The number of rotatable bonds is 34. The predicted octanol–water partition coefficient (Wildman–Crippen LogP) is 5.80. The summed E-state index contributed by atoms with van der Waals surface area (Å²) in [6.45, 7) is 6.94. The molecule has 0 atom stereocenters. The van der Waals surface area contributed by atoms with Crippen LogP contribution >= 0.6 is 0 Å². The molecule has 0 bridgehead atoms. The van der Waals surface area contributed by atoms with Gasteiger partial charge in [-0.2, -0.15) is 0 Å². The molecule has 0 spiro atoms. The van der Waals surface area contributed by atoms with E-state index >= 15 is 0 Å². The Hall–Kier alpha value is -1.85. The van der Waals surface area contributed by atoms with Crippen LogP contribution in [0.2, 0.25) is 0 Å². The third-order valence-electron chi connectivity index (χ3n) is 7.32. The third kappa shape index (κ3) is 25.5. The molecule has 0 radical (unpaired) electrons. The molecule has 256 valence electrons. The number of imide groups is 1. The highest BCUT2D eigenvalue weighted by atomic mass is 16.6. The van der Waals surface area contributed by atoms with Gasteiger partial charge in [0.15, 0.2) is 0 Å². The Bertz CT molecular complexity index is 714. The minimum Gasteiger partial charge on any atom is -0.463 e. The van der Waals surface area contributed by atoms with E-state index in [1.807, 2.05) is 0 Å². The minimum absolute atomic E-state index is 0.140. The summed E-state index contributed by atoms with van der Waals surface area (Å²) in [7, 11) is 0. The van der Waals surface area contributed by atoms with Gasteiger partial charge in [0.05, 0.1) is 72.6 Å². The van der Waals surface area contributed by atoms with Gasteiger partial charge in [-0.3, -0.25) is 19.3 Å². The average molecular weight is 628 g/mol. The molecular weight excluding hydrogens is 566 g/mol. The van der Waals surface area contributed by atoms with Crippen LogP contribution < -0.4 is 0 Å². The van der Waals surface area contributed by atoms with Crippen molar-refractivity contribution in [1.82, 2.24) is 4.90 Å². The van der Waals surface area contributed by atoms with Gasteiger partial charge in [0, 0.05) is 18.6 Å². The average Bonchev–Trinajstić information content (AvgIpc) is 3.34. The second-order valence-electron chi connectivity index (χ2n) is 11.1. The van der Waals surface area contributed by atoms with E-state index in [4.69, 9.17) is 28.4 Å². The Labute approximate surface area is 266 Å². The Balaban J connectivity index is 1.68. The van der Waals surface area contributed by atoms with E-state index in [2.05, 4.69) is 6.92 Å². The van der Waals surface area contributed by atoms with Gasteiger partial charge in [-0.15, -0.1) is 0 Å². The molecule has 1 aliphatic heterocycles. The van der Waals surface area contributed by atoms with Crippen molar-refractivity contribution in [2.45, 2.75) is 110 Å². The Morgan fingerprint density at radius 1 is 0.500 bits per heavy atom. The summed E-state index contributed by atoms with van der Waals surface area (Å²) in [5, 5.41) is 0. The summed E-state index contributed by atoms with van der Waals surface area (Å²) < 4.78 is 32.3. The lowest BCUT2D eigenvalue weighted by atomic mass is 10.0. The molecule has 0 aliphatic carbocycles. The Morgan fingerprint density at radius 3 is 1.25 bits per heavy atom. The molecule has 0 unspecified atom stereocenters. The van der Waals surface area contributed by atoms with Crippen molar-refractivity contribution in [2.24, 2.45) is 0 Å². The molecule has 44 heavy (non-hydrogen) atoms. The molecule has 0 saturated heterocycles. The standard InChI is InChI=1S/C34H61NO9/c1-2-3-4-5-6-7-8-9-10-11-12-13-14-15-16-17-34(38)44-31-30-43-29-28-42-27-26-41-25-24-40-23-22-39-21-20-35-32(36)18-19-33(35)37/h18-19H,2-17,20-31H2,1H3. The van der Waals surface area contributed by atoms with Gasteiger partial charge in [0.1, 0.15) is 6.61 Å². The van der Waals surface area contributed by atoms with Crippen LogP contribution in [0.4, 0.5) is 0 Å². The van der Waals surface area contributed by atoms with Crippen molar-refractivity contribution >= 4 is 17.8 Å². The summed E-state index contributed by atoms with van der Waals surface area (Å²) >= 11 is 0. The number of esters is 1. The molecule has 0 N–H and O–H groups in total. The van der Waals surface area contributed by atoms with Crippen molar-refractivity contribution in [3.63, 3.8) is 0 Å². The van der Waals surface area contributed by atoms with Crippen molar-refractivity contribution in [2.75, 3.05) is 79.2 Å². The van der Waals surface area contributed by atoms with E-state index < -0.39 is 0 Å². The van der Waals surface area contributed by atoms with E-state index in [9.17, 15) is 14.4 Å². The first-order chi connectivity index (χ1) is 21.6. The maximum Gasteiger partial charge on any atom is 0.305 e. The maximum absolute atomic E-state index is 11.8. The van der Waals surface area contributed by atoms with E-state index in [0.717, 1.165) is 17.7 Å². The smallest absolute Gasteiger partial charge is 0.305 e. The SMILES string of the molecule is CCCCCCCCCCCCCCCCCC(=O)OCCOCCOCCOCCOCCOCCN1C(=O)C=CC1=O. The number of ether oxygens (including phenoxy) is 6. The van der Waals surface area contributed by atoms with Gasteiger partial charge in [-0.25, -0.2) is 0 Å². The lowest BCUT2D eigenvalue weighted by Gasteiger charge is -2.13. The van der Waals surface area contributed by atoms with Gasteiger partial charge >= 0.3 is 5.97 Å². The van der Waals surface area contributed by atoms with Gasteiger partial charge in [-0.1, -0.05) is 96.8 Å². The monoisotopic (exact) mass is 627 g/mol. The maximum atomic E-state index is 11.8. The van der Waals surface area contributed by atoms with Crippen LogP contribution in [0.3, 0.4) is 0 Å². The Morgan fingerprint density at radius 2 is 0.841 bits per heavy atom. The number of hydrogen-bond acceptors (Lipinski definition) is 9. The van der Waals surface area contributed by atoms with Crippen molar-refractivity contribution in [1.29, 1.82) is 0 Å². The first kappa shape index (κ1) is 40.2. The van der Waals surface area contributed by atoms with Crippen LogP contribution in [0.5, 0.6) is 0 Å². The number of carbonyl (C=O) groups excluding carboxylic acids is 3. The zero-order valence-corrected chi connectivity index (χ0v) is 27.6. The lowest BCUT2D eigenvalue weighted by Crippen LogP contribution is -2.33. The number of hydrogen-bond donors (Lipinski definition) is 0. The molecule has 2 amide bonds. The van der Waals surface area contributed by atoms with E-state index in [1.54, 1.807) is 0 Å². The molecule has 0 aromatic carbocycles. The fourth-order valence-corrected chi connectivity index (χ4v) is 4.72. The van der Waals surface area contributed by atoms with Crippen LogP contribution in [-0.2, 0) is 42.8 Å². The fourth-order valence-electron chi connectivity index (χ4n) is 4.72. The van der Waals surface area contributed by atoms with Crippen molar-refractivity contribution in [3.8, 4) is 0 Å². The molecular formula is C34H61NO9. The number of unbranched alkanes of at least 4 members (excludes halogenated alkanes) is 14. The topological polar surface area (TPSA) is 110 Å². The largest absolute Gasteiger partial charge is 0.463 e. The molecule has 10 heteroatoms. The van der Waals surface area contributed by atoms with Gasteiger partial charge in [-0.05, 0) is 6.42 Å². The minimum atomic E-state index is -0.304. The highest BCUT2D eigenvalue weighted by Gasteiger charge is 2.22. The zero-order valence-electron chi connectivity index (χ0n) is 27.6. The van der Waals surface area contributed by atoms with E-state index in [0.29, 0.717) is 65.9 Å². The van der Waals surface area contributed by atoms with E-state index in [1.165, 1.54) is 95.6 Å². The molecule has 1 aliphatic rings. The molecule has 0 fully saturated rings. The molecule has 0 saturated carbocycles. The molecule has 10 nitrogen and oxygen atoms in total. The predicted molar refractivity (Wildman–Crippen MR) is 170 cm³/mol. The van der Waals surface area contributed by atoms with Crippen LogP contribution in [0.1, 0.15) is 110 Å². The summed E-state index contributed by atoms with van der Waals surface area (Å²) in [6.07, 6.45) is 22.7. The normalized spacial score (nSPS) is 13.0. The number of carbonyl (C=O) groups is 3. The first-order valence-corrected chi connectivity index (χ1v) is 17.2. The van der Waals surface area contributed by atoms with E-state index in [-0.39, 0.29) is 37.5 Å². The third-order valence-corrected chi connectivity index (χ3v) is 7.32. The summed E-state index contributed by atoms with van der Waals surface area (Å²) in [5.74, 6) is -0.748. The van der Waals surface area contributed by atoms with Gasteiger partial charge in [0.25, 0.3) is 11.8 Å². The number of nitrogens with zero attached hydrogens (tertiary/aromatic N) is 1. The van der Waals surface area contributed by atoms with Crippen LogP contribution in [0.15, 0.2) is 12.2 Å². The van der Waals surface area contributed by atoms with Crippen LogP contribution in [0.25, 0.3) is 0 Å². The summed E-state index contributed by atoms with van der Waals surface area (Å²) in [4.78, 5) is 35.8. The molecule has 0 aromatic rings. The molecule has 0 aromatic heterocycles. The van der Waals surface area contributed by atoms with Crippen LogP contribution in [0, 0.1) is 0 Å². The summed E-state index contributed by atoms with van der Waals surface area (Å²) in [6, 6.07) is 0. The molecule has 1 rings (SSSR count). The van der Waals surface area contributed by atoms with Crippen molar-refractivity contribution in [3.05, 3.63) is 12.2 Å².